The molecule has 2 aromatic carbocycles. The third-order valence-corrected chi connectivity index (χ3v) is 6.32. The molecule has 1 atom stereocenters. The molecule has 4 rings (SSSR count). The first-order valence-corrected chi connectivity index (χ1v) is 10.2. The fourth-order valence-electron chi connectivity index (χ4n) is 2.77. The first-order valence-electron chi connectivity index (χ1n) is 8.39. The third-order valence-electron chi connectivity index (χ3n) is 4.24. The molecule has 2 aromatic heterocycles. The largest absolute Gasteiger partial charge is 0.321 e. The summed E-state index contributed by atoms with van der Waals surface area (Å²) in [5.41, 5.74) is 10.2. The molecular formula is C19H19N5S2. The van der Waals surface area contributed by atoms with Crippen molar-refractivity contribution in [1.29, 1.82) is 0 Å². The van der Waals surface area contributed by atoms with Gasteiger partial charge in [0, 0.05) is 5.75 Å². The second-order valence-electron chi connectivity index (χ2n) is 6.13. The van der Waals surface area contributed by atoms with Gasteiger partial charge in [-0.25, -0.2) is 0 Å². The topological polar surface area (TPSA) is 69.1 Å². The molecule has 0 aliphatic rings. The van der Waals surface area contributed by atoms with E-state index in [0.717, 1.165) is 15.1 Å². The number of fused-ring (bicyclic) bond motifs is 1. The fraction of sp³-hybridized carbons (Fsp3) is 0.211. The van der Waals surface area contributed by atoms with Gasteiger partial charge in [0.2, 0.25) is 4.96 Å². The molecule has 0 amide bonds. The van der Waals surface area contributed by atoms with Gasteiger partial charge in [-0.3, -0.25) is 0 Å². The van der Waals surface area contributed by atoms with Crippen LogP contribution >= 0.6 is 23.1 Å². The van der Waals surface area contributed by atoms with Crippen LogP contribution in [0.4, 0.5) is 0 Å². The molecule has 5 nitrogen and oxygen atoms in total. The maximum absolute atomic E-state index is 6.37. The summed E-state index contributed by atoms with van der Waals surface area (Å²) >= 11 is 3.27. The van der Waals surface area contributed by atoms with Crippen molar-refractivity contribution in [1.82, 2.24) is 19.8 Å². The Morgan fingerprint density at radius 1 is 1.08 bits per heavy atom. The number of rotatable bonds is 6. The van der Waals surface area contributed by atoms with E-state index < -0.39 is 0 Å². The first-order chi connectivity index (χ1) is 12.7. The molecule has 0 saturated carbocycles. The average Bonchev–Trinajstić information content (AvgIpc) is 3.22. The smallest absolute Gasteiger partial charge is 0.235 e. The molecule has 0 spiro atoms. The van der Waals surface area contributed by atoms with E-state index in [2.05, 4.69) is 58.6 Å². The molecule has 0 saturated heterocycles. The van der Waals surface area contributed by atoms with Crippen LogP contribution in [0.15, 0.2) is 58.9 Å². The lowest BCUT2D eigenvalue weighted by Crippen LogP contribution is -2.17. The number of hydrogen-bond acceptors (Lipinski definition) is 6. The van der Waals surface area contributed by atoms with E-state index in [9.17, 15) is 0 Å². The summed E-state index contributed by atoms with van der Waals surface area (Å²) in [6, 6.07) is 18.4. The van der Waals surface area contributed by atoms with Crippen LogP contribution in [-0.4, -0.2) is 19.8 Å². The van der Waals surface area contributed by atoms with Crippen molar-refractivity contribution in [3.05, 3.63) is 77.1 Å². The van der Waals surface area contributed by atoms with E-state index >= 15 is 0 Å². The Kier molecular flexibility index (Phi) is 5.01. The maximum atomic E-state index is 6.37. The van der Waals surface area contributed by atoms with Gasteiger partial charge in [0.05, 0.1) is 6.04 Å². The predicted molar refractivity (Wildman–Crippen MR) is 106 cm³/mol. The molecule has 0 bridgehead atoms. The maximum Gasteiger partial charge on any atom is 0.235 e. The third kappa shape index (κ3) is 3.65. The van der Waals surface area contributed by atoms with Crippen LogP contribution in [0.25, 0.3) is 4.96 Å². The van der Waals surface area contributed by atoms with Crippen molar-refractivity contribution in [2.45, 2.75) is 29.5 Å². The van der Waals surface area contributed by atoms with Crippen LogP contribution in [0.5, 0.6) is 0 Å². The highest BCUT2D eigenvalue weighted by Gasteiger charge is 2.18. The highest BCUT2D eigenvalue weighted by molar-refractivity contribution is 8.00. The second kappa shape index (κ2) is 7.57. The van der Waals surface area contributed by atoms with E-state index in [1.807, 2.05) is 18.2 Å². The minimum absolute atomic E-state index is 0.233. The molecule has 0 fully saturated rings. The van der Waals surface area contributed by atoms with Crippen molar-refractivity contribution in [2.24, 2.45) is 5.73 Å². The Hall–Kier alpha value is -2.22. The number of nitrogens with zero attached hydrogens (tertiary/aromatic N) is 4. The molecule has 26 heavy (non-hydrogen) atoms. The highest BCUT2D eigenvalue weighted by atomic mass is 32.2. The van der Waals surface area contributed by atoms with Gasteiger partial charge in [-0.2, -0.15) is 4.52 Å². The zero-order valence-corrected chi connectivity index (χ0v) is 16.0. The Morgan fingerprint density at radius 2 is 1.85 bits per heavy atom. The summed E-state index contributed by atoms with van der Waals surface area (Å²) in [6.07, 6.45) is 0.713. The van der Waals surface area contributed by atoms with Crippen LogP contribution in [0.3, 0.4) is 0 Å². The van der Waals surface area contributed by atoms with Crippen molar-refractivity contribution in [3.63, 3.8) is 0 Å². The molecule has 2 heterocycles. The Morgan fingerprint density at radius 3 is 2.65 bits per heavy atom. The van der Waals surface area contributed by atoms with Gasteiger partial charge >= 0.3 is 0 Å². The van der Waals surface area contributed by atoms with Crippen LogP contribution in [0, 0.1) is 6.92 Å². The van der Waals surface area contributed by atoms with Crippen LogP contribution < -0.4 is 5.73 Å². The number of aromatic nitrogens is 4. The second-order valence-corrected chi connectivity index (χ2v) is 8.31. The van der Waals surface area contributed by atoms with Gasteiger partial charge in [0.15, 0.2) is 10.2 Å². The van der Waals surface area contributed by atoms with E-state index in [1.165, 1.54) is 16.7 Å². The normalized spacial score (nSPS) is 12.5. The van der Waals surface area contributed by atoms with Crippen molar-refractivity contribution in [2.75, 3.05) is 0 Å². The standard InChI is InChI=1S/C19H19N5S2/c1-13-7-5-6-10-15(13)12-25-19-23-24-17(21-22-18(24)26-19)16(20)11-14-8-3-2-4-9-14/h2-10,16H,11-12,20H2,1H3. The minimum atomic E-state index is -0.233. The Bertz CT molecular complexity index is 1010. The molecule has 0 aliphatic carbocycles. The van der Waals surface area contributed by atoms with Crippen molar-refractivity contribution >= 4 is 28.1 Å². The lowest BCUT2D eigenvalue weighted by Gasteiger charge is -2.08. The molecule has 2 N–H and O–H groups in total. The predicted octanol–water partition coefficient (Wildman–Crippen LogP) is 4.03. The summed E-state index contributed by atoms with van der Waals surface area (Å²) in [5.74, 6) is 1.60. The van der Waals surface area contributed by atoms with Gasteiger partial charge in [-0.15, -0.1) is 15.3 Å². The monoisotopic (exact) mass is 381 g/mol. The number of benzene rings is 2. The molecular weight excluding hydrogens is 362 g/mol. The van der Waals surface area contributed by atoms with Crippen LogP contribution in [-0.2, 0) is 12.2 Å². The van der Waals surface area contributed by atoms with Gasteiger partial charge in [0.25, 0.3) is 0 Å². The molecule has 4 aromatic rings. The van der Waals surface area contributed by atoms with E-state index in [1.54, 1.807) is 27.6 Å². The van der Waals surface area contributed by atoms with E-state index in [-0.39, 0.29) is 6.04 Å². The van der Waals surface area contributed by atoms with Gasteiger partial charge < -0.3 is 5.73 Å². The first kappa shape index (κ1) is 17.2. The Balaban J connectivity index is 1.50. The summed E-state index contributed by atoms with van der Waals surface area (Å²) in [7, 11) is 0. The molecule has 0 aliphatic heterocycles. The molecule has 132 valence electrons. The van der Waals surface area contributed by atoms with Gasteiger partial charge in [0.1, 0.15) is 0 Å². The summed E-state index contributed by atoms with van der Waals surface area (Å²) < 4.78 is 2.77. The van der Waals surface area contributed by atoms with Crippen LogP contribution in [0.2, 0.25) is 0 Å². The van der Waals surface area contributed by atoms with Crippen molar-refractivity contribution < 1.29 is 0 Å². The Labute approximate surface area is 160 Å². The van der Waals surface area contributed by atoms with Crippen LogP contribution in [0.1, 0.15) is 28.6 Å². The number of aryl methyl sites for hydroxylation is 1. The van der Waals surface area contributed by atoms with Gasteiger partial charge in [-0.1, -0.05) is 77.7 Å². The SMILES string of the molecule is Cc1ccccc1CSc1nn2c(C(N)Cc3ccccc3)nnc2s1. The lowest BCUT2D eigenvalue weighted by atomic mass is 10.1. The fourth-order valence-corrected chi connectivity index (χ4v) is 4.73. The molecule has 1 unspecified atom stereocenters. The lowest BCUT2D eigenvalue weighted by molar-refractivity contribution is 0.635. The highest BCUT2D eigenvalue weighted by Crippen LogP contribution is 2.29. The molecule has 0 radical (unpaired) electrons. The van der Waals surface area contributed by atoms with E-state index in [4.69, 9.17) is 5.73 Å². The number of hydrogen-bond donors (Lipinski definition) is 1. The summed E-state index contributed by atoms with van der Waals surface area (Å²) in [6.45, 7) is 2.13. The number of nitrogens with two attached hydrogens (primary N) is 1. The zero-order valence-electron chi connectivity index (χ0n) is 14.4. The minimum Gasteiger partial charge on any atom is -0.321 e. The zero-order chi connectivity index (χ0) is 17.9. The van der Waals surface area contributed by atoms with Gasteiger partial charge in [-0.05, 0) is 30.0 Å². The van der Waals surface area contributed by atoms with Crippen molar-refractivity contribution in [3.8, 4) is 0 Å². The summed E-state index contributed by atoms with van der Waals surface area (Å²) in [4.78, 5) is 0.788. The number of thioether (sulfide) groups is 1. The molecule has 7 heteroatoms. The average molecular weight is 382 g/mol. The van der Waals surface area contributed by atoms with E-state index in [0.29, 0.717) is 12.2 Å². The summed E-state index contributed by atoms with van der Waals surface area (Å²) in [5, 5.41) is 13.2. The quantitative estimate of drug-likeness (QED) is 0.511.